The molecule has 0 aliphatic heterocycles. The van der Waals surface area contributed by atoms with E-state index in [4.69, 9.17) is 4.42 Å². The molecule has 2 atom stereocenters. The summed E-state index contributed by atoms with van der Waals surface area (Å²) < 4.78 is 7.63. The van der Waals surface area contributed by atoms with Gasteiger partial charge in [0.2, 0.25) is 0 Å². The molecule has 5 heteroatoms. The minimum atomic E-state index is 0.0494. The molecule has 22 heavy (non-hydrogen) atoms. The second kappa shape index (κ2) is 5.00. The molecule has 2 aromatic heterocycles. The summed E-state index contributed by atoms with van der Waals surface area (Å²) in [7, 11) is 1.83. The molecule has 0 N–H and O–H groups in total. The van der Waals surface area contributed by atoms with Crippen molar-refractivity contribution in [1.82, 2.24) is 14.7 Å². The van der Waals surface area contributed by atoms with Gasteiger partial charge < -0.3 is 9.32 Å². The lowest BCUT2D eigenvalue weighted by molar-refractivity contribution is 0.0716. The zero-order valence-electron chi connectivity index (χ0n) is 13.0. The highest BCUT2D eigenvalue weighted by Gasteiger charge is 2.37. The molecule has 2 saturated carbocycles. The van der Waals surface area contributed by atoms with Crippen molar-refractivity contribution in [2.75, 3.05) is 0 Å². The SMILES string of the molecule is C[C@@H]1C[C@H]1c1ccc(CN(C(=O)c2cnn(C)c2)C2CC2)o1. The zero-order chi connectivity index (χ0) is 15.3. The summed E-state index contributed by atoms with van der Waals surface area (Å²) in [6.45, 7) is 2.80. The van der Waals surface area contributed by atoms with Crippen LogP contribution in [-0.2, 0) is 13.6 Å². The van der Waals surface area contributed by atoms with E-state index in [1.54, 1.807) is 17.1 Å². The molecule has 2 aromatic rings. The average molecular weight is 299 g/mol. The van der Waals surface area contributed by atoms with Gasteiger partial charge in [-0.2, -0.15) is 5.10 Å². The third-order valence-electron chi connectivity index (χ3n) is 4.68. The normalized spacial score (nSPS) is 23.5. The Morgan fingerprint density at radius 2 is 2.23 bits per heavy atom. The maximum Gasteiger partial charge on any atom is 0.257 e. The summed E-state index contributed by atoms with van der Waals surface area (Å²) in [5.74, 6) is 3.33. The molecule has 1 amide bonds. The number of aryl methyl sites for hydroxylation is 1. The Labute approximate surface area is 129 Å². The third-order valence-corrected chi connectivity index (χ3v) is 4.68. The van der Waals surface area contributed by atoms with Crippen molar-refractivity contribution in [3.05, 3.63) is 41.6 Å². The molecule has 2 aliphatic rings. The fourth-order valence-corrected chi connectivity index (χ4v) is 3.02. The molecule has 2 fully saturated rings. The quantitative estimate of drug-likeness (QED) is 0.853. The Balaban J connectivity index is 1.50. The molecule has 4 rings (SSSR count). The Hall–Kier alpha value is -2.04. The number of furan rings is 1. The van der Waals surface area contributed by atoms with Gasteiger partial charge in [-0.25, -0.2) is 0 Å². The fraction of sp³-hybridized carbons (Fsp3) is 0.529. The van der Waals surface area contributed by atoms with E-state index in [0.717, 1.165) is 30.3 Å². The summed E-state index contributed by atoms with van der Waals surface area (Å²) in [4.78, 5) is 14.6. The molecule has 0 bridgehead atoms. The molecular weight excluding hydrogens is 278 g/mol. The van der Waals surface area contributed by atoms with Gasteiger partial charge in [-0.1, -0.05) is 6.92 Å². The van der Waals surface area contributed by atoms with Gasteiger partial charge in [0.05, 0.1) is 18.3 Å². The van der Waals surface area contributed by atoms with E-state index in [1.165, 1.54) is 6.42 Å². The molecule has 0 saturated heterocycles. The van der Waals surface area contributed by atoms with Gasteiger partial charge in [0.1, 0.15) is 11.5 Å². The van der Waals surface area contributed by atoms with Crippen LogP contribution in [0.2, 0.25) is 0 Å². The van der Waals surface area contributed by atoms with E-state index < -0.39 is 0 Å². The van der Waals surface area contributed by atoms with Crippen molar-refractivity contribution in [2.24, 2.45) is 13.0 Å². The van der Waals surface area contributed by atoms with Crippen molar-refractivity contribution in [3.63, 3.8) is 0 Å². The molecule has 0 aromatic carbocycles. The Morgan fingerprint density at radius 1 is 1.45 bits per heavy atom. The Morgan fingerprint density at radius 3 is 2.82 bits per heavy atom. The van der Waals surface area contributed by atoms with Crippen LogP contribution < -0.4 is 0 Å². The topological polar surface area (TPSA) is 51.3 Å². The largest absolute Gasteiger partial charge is 0.464 e. The highest BCUT2D eigenvalue weighted by Crippen LogP contribution is 2.47. The maximum absolute atomic E-state index is 12.7. The van der Waals surface area contributed by atoms with Crippen LogP contribution in [0.25, 0.3) is 0 Å². The smallest absolute Gasteiger partial charge is 0.257 e. The van der Waals surface area contributed by atoms with Gasteiger partial charge in [-0.05, 0) is 37.3 Å². The van der Waals surface area contributed by atoms with E-state index in [1.807, 2.05) is 18.0 Å². The van der Waals surface area contributed by atoms with Crippen molar-refractivity contribution in [1.29, 1.82) is 0 Å². The number of carbonyl (C=O) groups excluding carboxylic acids is 1. The first-order valence-corrected chi connectivity index (χ1v) is 8.00. The number of rotatable bonds is 5. The highest BCUT2D eigenvalue weighted by atomic mass is 16.3. The molecule has 116 valence electrons. The van der Waals surface area contributed by atoms with Crippen LogP contribution in [0.1, 0.15) is 54.0 Å². The van der Waals surface area contributed by atoms with Crippen LogP contribution >= 0.6 is 0 Å². The van der Waals surface area contributed by atoms with Crippen molar-refractivity contribution >= 4 is 5.91 Å². The second-order valence-electron chi connectivity index (χ2n) is 6.69. The van der Waals surface area contributed by atoms with Crippen LogP contribution in [0.4, 0.5) is 0 Å². The minimum absolute atomic E-state index is 0.0494. The molecule has 0 radical (unpaired) electrons. The third kappa shape index (κ3) is 2.56. The molecule has 5 nitrogen and oxygen atoms in total. The van der Waals surface area contributed by atoms with E-state index in [9.17, 15) is 4.79 Å². The maximum atomic E-state index is 12.7. The lowest BCUT2D eigenvalue weighted by Gasteiger charge is -2.20. The van der Waals surface area contributed by atoms with E-state index in [0.29, 0.717) is 24.1 Å². The van der Waals surface area contributed by atoms with Gasteiger partial charge >= 0.3 is 0 Å². The van der Waals surface area contributed by atoms with Crippen LogP contribution in [0.5, 0.6) is 0 Å². The molecule has 0 spiro atoms. The molecule has 0 unspecified atom stereocenters. The van der Waals surface area contributed by atoms with Crippen molar-refractivity contribution in [2.45, 2.75) is 44.7 Å². The first-order chi connectivity index (χ1) is 10.6. The number of amides is 1. The van der Waals surface area contributed by atoms with Gasteiger partial charge in [-0.3, -0.25) is 9.48 Å². The second-order valence-corrected chi connectivity index (χ2v) is 6.69. The fourth-order valence-electron chi connectivity index (χ4n) is 3.02. The van der Waals surface area contributed by atoms with Gasteiger partial charge in [-0.15, -0.1) is 0 Å². The summed E-state index contributed by atoms with van der Waals surface area (Å²) in [6, 6.07) is 4.44. The lowest BCUT2D eigenvalue weighted by atomic mass is 10.2. The highest BCUT2D eigenvalue weighted by molar-refractivity contribution is 5.94. The van der Waals surface area contributed by atoms with Crippen molar-refractivity contribution < 1.29 is 9.21 Å². The van der Waals surface area contributed by atoms with Gasteiger partial charge in [0.25, 0.3) is 5.91 Å². The first kappa shape index (κ1) is 13.6. The average Bonchev–Trinajstić information content (AvgIpc) is 3.37. The predicted molar refractivity (Wildman–Crippen MR) is 81.3 cm³/mol. The van der Waals surface area contributed by atoms with Crippen LogP contribution in [-0.4, -0.2) is 26.6 Å². The Bertz CT molecular complexity index is 698. The zero-order valence-corrected chi connectivity index (χ0v) is 13.0. The Kier molecular flexibility index (Phi) is 3.10. The van der Waals surface area contributed by atoms with E-state index >= 15 is 0 Å². The van der Waals surface area contributed by atoms with Gasteiger partial charge in [0.15, 0.2) is 0 Å². The van der Waals surface area contributed by atoms with Gasteiger partial charge in [0, 0.05) is 25.2 Å². The molecular formula is C17H21N3O2. The number of carbonyl (C=O) groups is 1. The summed E-state index contributed by atoms with van der Waals surface area (Å²) in [6.07, 6.45) is 6.79. The first-order valence-electron chi connectivity index (χ1n) is 8.00. The summed E-state index contributed by atoms with van der Waals surface area (Å²) >= 11 is 0. The van der Waals surface area contributed by atoms with E-state index in [-0.39, 0.29) is 5.91 Å². The standard InChI is InChI=1S/C17H21N3O2/c1-11-7-15(11)16-6-5-14(22-16)10-20(13-3-4-13)17(21)12-8-18-19(2)9-12/h5-6,8-9,11,13,15H,3-4,7,10H2,1-2H3/t11-,15-/m1/s1. The number of nitrogens with zero attached hydrogens (tertiary/aromatic N) is 3. The number of hydrogen-bond donors (Lipinski definition) is 0. The monoisotopic (exact) mass is 299 g/mol. The molecule has 2 aliphatic carbocycles. The van der Waals surface area contributed by atoms with Crippen LogP contribution in [0.3, 0.4) is 0 Å². The molecule has 2 heterocycles. The van der Waals surface area contributed by atoms with Crippen LogP contribution in [0, 0.1) is 5.92 Å². The van der Waals surface area contributed by atoms with E-state index in [2.05, 4.69) is 18.1 Å². The van der Waals surface area contributed by atoms with Crippen molar-refractivity contribution in [3.8, 4) is 0 Å². The van der Waals surface area contributed by atoms with Crippen LogP contribution in [0.15, 0.2) is 28.9 Å². The summed E-state index contributed by atoms with van der Waals surface area (Å²) in [5.41, 5.74) is 0.650. The predicted octanol–water partition coefficient (Wildman–Crippen LogP) is 2.94. The lowest BCUT2D eigenvalue weighted by Crippen LogP contribution is -2.32. The number of hydrogen-bond acceptors (Lipinski definition) is 3. The summed E-state index contributed by atoms with van der Waals surface area (Å²) in [5, 5.41) is 4.10. The number of aromatic nitrogens is 2. The minimum Gasteiger partial charge on any atom is -0.464 e.